The van der Waals surface area contributed by atoms with Crippen LogP contribution in [0.25, 0.3) is 0 Å². The molecule has 27 heavy (non-hydrogen) atoms. The molecular weight excluding hydrogens is 354 g/mol. The van der Waals surface area contributed by atoms with E-state index in [0.29, 0.717) is 18.9 Å². The minimum absolute atomic E-state index is 0.0521. The van der Waals surface area contributed by atoms with Gasteiger partial charge in [0.25, 0.3) is 0 Å². The Kier molecular flexibility index (Phi) is 10.1. The van der Waals surface area contributed by atoms with Gasteiger partial charge in [-0.1, -0.05) is 50.3 Å². The number of hydrogen-bond donors (Lipinski definition) is 0. The van der Waals surface area contributed by atoms with Gasteiger partial charge in [0.1, 0.15) is 5.78 Å². The average molecular weight is 390 g/mol. The van der Waals surface area contributed by atoms with E-state index in [9.17, 15) is 4.79 Å². The summed E-state index contributed by atoms with van der Waals surface area (Å²) in [6, 6.07) is 0.398. The summed E-state index contributed by atoms with van der Waals surface area (Å²) in [5, 5.41) is 1.40. The Balaban J connectivity index is 1.52. The zero-order chi connectivity index (χ0) is 19.5. The van der Waals surface area contributed by atoms with Gasteiger partial charge in [0.15, 0.2) is 0 Å². The number of thioether (sulfide) groups is 1. The molecule has 0 N–H and O–H groups in total. The summed E-state index contributed by atoms with van der Waals surface area (Å²) in [5.74, 6) is 3.03. The number of allylic oxidation sites excluding steroid dienone is 5. The minimum atomic E-state index is 0.0521. The molecule has 0 spiro atoms. The number of rotatable bonds is 13. The van der Waals surface area contributed by atoms with E-state index < -0.39 is 0 Å². The van der Waals surface area contributed by atoms with Gasteiger partial charge in [-0.05, 0) is 38.0 Å². The predicted octanol–water partition coefficient (Wildman–Crippen LogP) is 5.77. The molecule has 4 atom stereocenters. The monoisotopic (exact) mass is 389 g/mol. The van der Waals surface area contributed by atoms with Crippen LogP contribution < -0.4 is 0 Å². The Morgan fingerprint density at radius 2 is 1.96 bits per heavy atom. The summed E-state index contributed by atoms with van der Waals surface area (Å²) in [6.45, 7) is 4.22. The second-order valence-corrected chi connectivity index (χ2v) is 8.60. The van der Waals surface area contributed by atoms with Crippen molar-refractivity contribution in [2.24, 2.45) is 16.8 Å². The van der Waals surface area contributed by atoms with E-state index >= 15 is 0 Å². The number of unbranched alkanes of at least 4 members (excludes halogenated alkanes) is 1. The van der Waals surface area contributed by atoms with Crippen LogP contribution in [0.1, 0.15) is 58.8 Å². The molecule has 4 heteroatoms. The fourth-order valence-corrected chi connectivity index (χ4v) is 4.43. The van der Waals surface area contributed by atoms with Crippen LogP contribution in [-0.2, 0) is 9.53 Å². The predicted molar refractivity (Wildman–Crippen MR) is 118 cm³/mol. The smallest absolute Gasteiger partial charge is 0.135 e. The second kappa shape index (κ2) is 12.4. The summed E-state index contributed by atoms with van der Waals surface area (Å²) in [4.78, 5) is 16.3. The van der Waals surface area contributed by atoms with Crippen molar-refractivity contribution in [3.05, 3.63) is 36.5 Å². The van der Waals surface area contributed by atoms with Gasteiger partial charge < -0.3 is 4.74 Å². The molecule has 150 valence electrons. The number of aliphatic imine (C=N–C) groups is 1. The molecule has 0 saturated heterocycles. The number of ketones is 1. The van der Waals surface area contributed by atoms with Crippen LogP contribution in [0.2, 0.25) is 0 Å². The lowest BCUT2D eigenvalue weighted by atomic mass is 10.1. The SMILES string of the molecule is CCC(=O)CC(CC/C=C/C=C/CC/C=C\C1CSC([C@@H]2C[C@@H]2C)=N1)OC. The Morgan fingerprint density at radius 3 is 2.63 bits per heavy atom. The fourth-order valence-electron chi connectivity index (χ4n) is 3.16. The minimum Gasteiger partial charge on any atom is -0.381 e. The highest BCUT2D eigenvalue weighted by Crippen LogP contribution is 2.44. The van der Waals surface area contributed by atoms with E-state index in [4.69, 9.17) is 9.73 Å². The van der Waals surface area contributed by atoms with Crippen LogP contribution in [0, 0.1) is 11.8 Å². The van der Waals surface area contributed by atoms with Crippen LogP contribution in [0.15, 0.2) is 41.4 Å². The first kappa shape index (κ1) is 22.2. The molecule has 1 fully saturated rings. The third-order valence-electron chi connectivity index (χ3n) is 5.20. The molecule has 0 bridgehead atoms. The van der Waals surface area contributed by atoms with Gasteiger partial charge in [-0.15, -0.1) is 11.8 Å². The van der Waals surface area contributed by atoms with Crippen molar-refractivity contribution in [3.63, 3.8) is 0 Å². The number of ether oxygens (including phenoxy) is 1. The van der Waals surface area contributed by atoms with Gasteiger partial charge in [0.2, 0.25) is 0 Å². The summed E-state index contributed by atoms with van der Waals surface area (Å²) in [7, 11) is 1.69. The standard InChI is InChI=1S/C23H35NO2S/c1-4-20(25)16-21(26-3)14-12-10-8-6-5-7-9-11-13-19-17-27-23(24-19)22-15-18(22)2/h5-6,8,10-11,13,18-19,21-22H,4,7,9,12,14-17H2,1-3H3/b6-5+,10-8+,13-11-/t18-,19?,21?,22+/m0/s1. The molecule has 0 aromatic heterocycles. The maximum atomic E-state index is 11.5. The molecule has 1 heterocycles. The van der Waals surface area contributed by atoms with Crippen LogP contribution >= 0.6 is 11.8 Å². The first-order valence-corrected chi connectivity index (χ1v) is 11.4. The van der Waals surface area contributed by atoms with Gasteiger partial charge in [0, 0.05) is 31.6 Å². The molecule has 2 rings (SSSR count). The Hall–Kier alpha value is -1.13. The second-order valence-electron chi connectivity index (χ2n) is 7.56. The summed E-state index contributed by atoms with van der Waals surface area (Å²) in [5.41, 5.74) is 0. The number of hydrogen-bond acceptors (Lipinski definition) is 4. The zero-order valence-electron chi connectivity index (χ0n) is 17.1. The molecule has 3 nitrogen and oxygen atoms in total. The lowest BCUT2D eigenvalue weighted by molar-refractivity contribution is -0.121. The highest BCUT2D eigenvalue weighted by atomic mass is 32.2. The third-order valence-corrected chi connectivity index (χ3v) is 6.41. The van der Waals surface area contributed by atoms with E-state index in [1.54, 1.807) is 7.11 Å². The first-order valence-electron chi connectivity index (χ1n) is 10.4. The van der Waals surface area contributed by atoms with Crippen LogP contribution in [0.3, 0.4) is 0 Å². The molecule has 1 aliphatic carbocycles. The average Bonchev–Trinajstić information content (AvgIpc) is 3.22. The molecular formula is C23H35NO2S. The lowest BCUT2D eigenvalue weighted by Crippen LogP contribution is -2.15. The van der Waals surface area contributed by atoms with Crippen molar-refractivity contribution in [1.29, 1.82) is 0 Å². The van der Waals surface area contributed by atoms with E-state index in [2.05, 4.69) is 43.4 Å². The summed E-state index contributed by atoms with van der Waals surface area (Å²) < 4.78 is 5.37. The Labute approximate surface area is 169 Å². The van der Waals surface area contributed by atoms with E-state index in [0.717, 1.165) is 43.3 Å². The quantitative estimate of drug-likeness (QED) is 0.228. The van der Waals surface area contributed by atoms with Crippen molar-refractivity contribution in [2.45, 2.75) is 70.9 Å². The molecule has 1 aliphatic heterocycles. The molecule has 0 amide bonds. The number of methoxy groups -OCH3 is 1. The van der Waals surface area contributed by atoms with E-state index in [-0.39, 0.29) is 11.9 Å². The maximum absolute atomic E-state index is 11.5. The van der Waals surface area contributed by atoms with Crippen molar-refractivity contribution in [1.82, 2.24) is 0 Å². The highest BCUT2D eigenvalue weighted by molar-refractivity contribution is 8.14. The number of nitrogens with zero attached hydrogens (tertiary/aromatic N) is 1. The van der Waals surface area contributed by atoms with Gasteiger partial charge in [-0.2, -0.15) is 0 Å². The van der Waals surface area contributed by atoms with Crippen molar-refractivity contribution < 1.29 is 9.53 Å². The number of carbonyl (C=O) groups excluding carboxylic acids is 1. The van der Waals surface area contributed by atoms with Gasteiger partial charge in [-0.25, -0.2) is 0 Å². The largest absolute Gasteiger partial charge is 0.381 e. The maximum Gasteiger partial charge on any atom is 0.135 e. The lowest BCUT2D eigenvalue weighted by Gasteiger charge is -2.12. The molecule has 2 unspecified atom stereocenters. The summed E-state index contributed by atoms with van der Waals surface area (Å²) in [6.07, 6.45) is 19.6. The van der Waals surface area contributed by atoms with Crippen molar-refractivity contribution in [3.8, 4) is 0 Å². The molecule has 2 aliphatic rings. The van der Waals surface area contributed by atoms with E-state index in [1.165, 1.54) is 11.5 Å². The van der Waals surface area contributed by atoms with Gasteiger partial charge in [-0.3, -0.25) is 9.79 Å². The van der Waals surface area contributed by atoms with Crippen molar-refractivity contribution in [2.75, 3.05) is 12.9 Å². The molecule has 0 aromatic rings. The van der Waals surface area contributed by atoms with Crippen LogP contribution in [0.5, 0.6) is 0 Å². The summed E-state index contributed by atoms with van der Waals surface area (Å²) >= 11 is 1.96. The van der Waals surface area contributed by atoms with Crippen LogP contribution in [-0.4, -0.2) is 35.8 Å². The Morgan fingerprint density at radius 1 is 1.26 bits per heavy atom. The zero-order valence-corrected chi connectivity index (χ0v) is 17.9. The fraction of sp³-hybridized carbons (Fsp3) is 0.652. The Bertz CT molecular complexity index is 579. The third kappa shape index (κ3) is 8.61. The number of Topliss-reactive ketones (excluding diaryl/α,β-unsaturated/α-hetero) is 1. The molecule has 0 radical (unpaired) electrons. The molecule has 0 aromatic carbocycles. The van der Waals surface area contributed by atoms with Gasteiger partial charge >= 0.3 is 0 Å². The first-order chi connectivity index (χ1) is 13.1. The normalized spacial score (nSPS) is 26.3. The highest BCUT2D eigenvalue weighted by Gasteiger charge is 2.39. The number of carbonyl (C=O) groups is 1. The van der Waals surface area contributed by atoms with E-state index in [1.807, 2.05) is 18.7 Å². The molecule has 1 saturated carbocycles. The van der Waals surface area contributed by atoms with Crippen LogP contribution in [0.4, 0.5) is 0 Å². The topological polar surface area (TPSA) is 38.7 Å². The van der Waals surface area contributed by atoms with Gasteiger partial charge in [0.05, 0.1) is 17.2 Å². The van der Waals surface area contributed by atoms with Crippen molar-refractivity contribution >= 4 is 22.6 Å².